The molecule has 34 heavy (non-hydrogen) atoms. The molecule has 1 amide bonds. The highest BCUT2D eigenvalue weighted by Gasteiger charge is 2.31. The summed E-state index contributed by atoms with van der Waals surface area (Å²) in [5.41, 5.74) is 1.09. The van der Waals surface area contributed by atoms with Crippen LogP contribution in [0.4, 0.5) is 13.2 Å². The van der Waals surface area contributed by atoms with E-state index in [1.165, 1.54) is 12.1 Å². The van der Waals surface area contributed by atoms with Crippen molar-refractivity contribution in [3.63, 3.8) is 0 Å². The highest BCUT2D eigenvalue weighted by molar-refractivity contribution is 5.94. The third-order valence-electron chi connectivity index (χ3n) is 5.54. The van der Waals surface area contributed by atoms with Crippen LogP contribution in [0, 0.1) is 0 Å². The molecule has 0 radical (unpaired) electrons. The molecule has 3 aromatic carbocycles. The van der Waals surface area contributed by atoms with Crippen molar-refractivity contribution in [1.82, 2.24) is 15.0 Å². The van der Waals surface area contributed by atoms with Gasteiger partial charge in [0, 0.05) is 24.1 Å². The van der Waals surface area contributed by atoms with Crippen molar-refractivity contribution in [3.8, 4) is 11.4 Å². The minimum absolute atomic E-state index is 0.172. The molecule has 1 atom stereocenters. The molecule has 0 aliphatic carbocycles. The first kappa shape index (κ1) is 23.2. The zero-order valence-electron chi connectivity index (χ0n) is 18.4. The molecule has 0 spiro atoms. The Morgan fingerprint density at radius 2 is 1.56 bits per heavy atom. The van der Waals surface area contributed by atoms with Gasteiger partial charge < -0.3 is 9.42 Å². The number of benzene rings is 3. The zero-order valence-corrected chi connectivity index (χ0v) is 18.4. The number of carbonyl (C=O) groups is 1. The van der Waals surface area contributed by atoms with Crippen molar-refractivity contribution in [2.45, 2.75) is 25.6 Å². The van der Waals surface area contributed by atoms with E-state index in [0.717, 1.165) is 23.3 Å². The van der Waals surface area contributed by atoms with E-state index in [1.54, 1.807) is 4.90 Å². The molecule has 4 aromatic rings. The summed E-state index contributed by atoms with van der Waals surface area (Å²) in [6.45, 7) is 2.12. The normalized spacial score (nSPS) is 12.4. The summed E-state index contributed by atoms with van der Waals surface area (Å²) in [6.07, 6.45) is -4.17. The first-order chi connectivity index (χ1) is 16.3. The largest absolute Gasteiger partial charge is 0.416 e. The second-order valence-electron chi connectivity index (χ2n) is 7.79. The number of alkyl halides is 3. The lowest BCUT2D eigenvalue weighted by molar-refractivity contribution is -0.137. The van der Waals surface area contributed by atoms with Crippen LogP contribution in [0.2, 0.25) is 0 Å². The Bertz CT molecular complexity index is 1220. The van der Waals surface area contributed by atoms with Gasteiger partial charge in [-0.3, -0.25) is 4.79 Å². The van der Waals surface area contributed by atoms with Gasteiger partial charge in [0.05, 0.1) is 11.6 Å². The molecular formula is C26H22F3N3O2. The standard InChI is InChI=1S/C26H22F3N3O2/c1-18(19-8-4-2-5-9-19)32(25(33)21-12-14-22(15-13-21)26(27,28)29)17-16-23-30-24(31-34-23)20-10-6-3-7-11-20/h2-15,18H,16-17H2,1H3. The average Bonchev–Trinajstić information content (AvgIpc) is 3.33. The number of hydrogen-bond acceptors (Lipinski definition) is 4. The monoisotopic (exact) mass is 465 g/mol. The van der Waals surface area contributed by atoms with Gasteiger partial charge in [-0.05, 0) is 36.8 Å². The third-order valence-corrected chi connectivity index (χ3v) is 5.54. The highest BCUT2D eigenvalue weighted by Crippen LogP contribution is 2.30. The van der Waals surface area contributed by atoms with E-state index in [0.29, 0.717) is 18.1 Å². The van der Waals surface area contributed by atoms with E-state index < -0.39 is 11.7 Å². The SMILES string of the molecule is CC(c1ccccc1)N(CCc1nc(-c2ccccc2)no1)C(=O)c1ccc(C(F)(F)F)cc1. The van der Waals surface area contributed by atoms with Gasteiger partial charge in [0.15, 0.2) is 0 Å². The van der Waals surface area contributed by atoms with Crippen LogP contribution in [-0.2, 0) is 12.6 Å². The molecule has 4 rings (SSSR count). The fourth-order valence-electron chi connectivity index (χ4n) is 3.63. The number of carbonyl (C=O) groups excluding carboxylic acids is 1. The lowest BCUT2D eigenvalue weighted by atomic mass is 10.0. The molecule has 0 N–H and O–H groups in total. The number of amides is 1. The third kappa shape index (κ3) is 5.33. The van der Waals surface area contributed by atoms with E-state index in [2.05, 4.69) is 10.1 Å². The maximum Gasteiger partial charge on any atom is 0.416 e. The van der Waals surface area contributed by atoms with Gasteiger partial charge in [-0.2, -0.15) is 18.2 Å². The molecular weight excluding hydrogens is 443 g/mol. The van der Waals surface area contributed by atoms with E-state index in [9.17, 15) is 18.0 Å². The van der Waals surface area contributed by atoms with Crippen molar-refractivity contribution in [3.05, 3.63) is 108 Å². The number of aromatic nitrogens is 2. The maximum atomic E-state index is 13.3. The summed E-state index contributed by atoms with van der Waals surface area (Å²) in [5.74, 6) is 0.435. The Morgan fingerprint density at radius 1 is 0.941 bits per heavy atom. The molecule has 0 saturated heterocycles. The predicted octanol–water partition coefficient (Wildman–Crippen LogP) is 6.20. The topological polar surface area (TPSA) is 59.2 Å². The Balaban J connectivity index is 1.56. The highest BCUT2D eigenvalue weighted by atomic mass is 19.4. The second kappa shape index (κ2) is 9.91. The summed E-state index contributed by atoms with van der Waals surface area (Å²) >= 11 is 0. The van der Waals surface area contributed by atoms with Gasteiger partial charge in [-0.15, -0.1) is 0 Å². The maximum absolute atomic E-state index is 13.3. The lowest BCUT2D eigenvalue weighted by Crippen LogP contribution is -2.35. The van der Waals surface area contributed by atoms with Crippen molar-refractivity contribution in [2.24, 2.45) is 0 Å². The summed E-state index contributed by atoms with van der Waals surface area (Å²) in [6, 6.07) is 22.7. The fraction of sp³-hybridized carbons (Fsp3) is 0.192. The summed E-state index contributed by atoms with van der Waals surface area (Å²) in [7, 11) is 0. The predicted molar refractivity (Wildman–Crippen MR) is 121 cm³/mol. The molecule has 1 aromatic heterocycles. The summed E-state index contributed by atoms with van der Waals surface area (Å²) in [5, 5.41) is 4.01. The van der Waals surface area contributed by atoms with Gasteiger partial charge in [0.2, 0.25) is 11.7 Å². The van der Waals surface area contributed by atoms with Crippen LogP contribution in [0.25, 0.3) is 11.4 Å². The number of nitrogens with zero attached hydrogens (tertiary/aromatic N) is 3. The van der Waals surface area contributed by atoms with E-state index in [4.69, 9.17) is 4.52 Å². The van der Waals surface area contributed by atoms with Gasteiger partial charge >= 0.3 is 6.18 Å². The first-order valence-corrected chi connectivity index (χ1v) is 10.7. The Morgan fingerprint density at radius 3 is 2.18 bits per heavy atom. The fourth-order valence-corrected chi connectivity index (χ4v) is 3.63. The minimum atomic E-state index is -4.47. The minimum Gasteiger partial charge on any atom is -0.339 e. The second-order valence-corrected chi connectivity index (χ2v) is 7.79. The van der Waals surface area contributed by atoms with Crippen LogP contribution < -0.4 is 0 Å². The molecule has 8 heteroatoms. The van der Waals surface area contributed by atoms with Crippen molar-refractivity contribution in [2.75, 3.05) is 6.54 Å². The molecule has 0 bridgehead atoms. The van der Waals surface area contributed by atoms with Crippen LogP contribution >= 0.6 is 0 Å². The first-order valence-electron chi connectivity index (χ1n) is 10.7. The van der Waals surface area contributed by atoms with Crippen LogP contribution in [-0.4, -0.2) is 27.5 Å². The zero-order chi connectivity index (χ0) is 24.1. The molecule has 1 unspecified atom stereocenters. The number of halogens is 3. The van der Waals surface area contributed by atoms with Gasteiger partial charge in [0.25, 0.3) is 5.91 Å². The Kier molecular flexibility index (Phi) is 6.77. The van der Waals surface area contributed by atoms with Gasteiger partial charge in [-0.25, -0.2) is 0 Å². The molecule has 5 nitrogen and oxygen atoms in total. The average molecular weight is 465 g/mol. The molecule has 0 saturated carbocycles. The van der Waals surface area contributed by atoms with Gasteiger partial charge in [-0.1, -0.05) is 65.8 Å². The van der Waals surface area contributed by atoms with Crippen LogP contribution in [0.5, 0.6) is 0 Å². The summed E-state index contributed by atoms with van der Waals surface area (Å²) < 4.78 is 44.2. The summed E-state index contributed by atoms with van der Waals surface area (Å²) in [4.78, 5) is 19.4. The van der Waals surface area contributed by atoms with Crippen LogP contribution in [0.15, 0.2) is 89.5 Å². The lowest BCUT2D eigenvalue weighted by Gasteiger charge is -2.29. The quantitative estimate of drug-likeness (QED) is 0.326. The van der Waals surface area contributed by atoms with Crippen LogP contribution in [0.1, 0.15) is 40.3 Å². The molecule has 0 aliphatic rings. The van der Waals surface area contributed by atoms with Crippen LogP contribution in [0.3, 0.4) is 0 Å². The van der Waals surface area contributed by atoms with E-state index >= 15 is 0 Å². The Labute approximate surface area is 194 Å². The van der Waals surface area contributed by atoms with Gasteiger partial charge in [0.1, 0.15) is 0 Å². The molecule has 0 aliphatic heterocycles. The Hall–Kier alpha value is -3.94. The van der Waals surface area contributed by atoms with Crippen molar-refractivity contribution < 1.29 is 22.5 Å². The van der Waals surface area contributed by atoms with Crippen molar-refractivity contribution in [1.29, 1.82) is 0 Å². The molecule has 174 valence electrons. The molecule has 0 fully saturated rings. The van der Waals surface area contributed by atoms with E-state index in [1.807, 2.05) is 67.6 Å². The van der Waals surface area contributed by atoms with E-state index in [-0.39, 0.29) is 24.1 Å². The smallest absolute Gasteiger partial charge is 0.339 e. The van der Waals surface area contributed by atoms with Crippen molar-refractivity contribution >= 4 is 5.91 Å². The molecule has 1 heterocycles. The number of rotatable bonds is 7. The number of hydrogen-bond donors (Lipinski definition) is 0.